The standard InChI is InChI=1S/C28H28O20/c1-44-27(43)23-16(15-8(25(41)47-23)4-12(32)18(36)19(15)37)9(5-14(33)34)26(42)46-22-13(6-29)45-28(21(39)20(22)38)48-24(40)7-2-10(30)17(35)11(31)3-7/h2-4,9,13,16,20-23,28-32,35-39H,5-6H2,1H3,(H,33,34). The summed E-state index contributed by atoms with van der Waals surface area (Å²) in [6.45, 7) is -1.09. The molecule has 8 atom stereocenters. The number of aromatic hydroxyl groups is 6. The van der Waals surface area contributed by atoms with Crippen LogP contribution >= 0.6 is 0 Å². The van der Waals surface area contributed by atoms with Crippen LogP contribution in [-0.4, -0.2) is 131 Å². The number of hydrogen-bond donors (Lipinski definition) is 10. The molecule has 2 aliphatic heterocycles. The summed E-state index contributed by atoms with van der Waals surface area (Å²) in [6, 6.07) is 1.98. The second-order valence-corrected chi connectivity index (χ2v) is 10.5. The summed E-state index contributed by atoms with van der Waals surface area (Å²) in [5, 5.41) is 101. The molecule has 260 valence electrons. The minimum absolute atomic E-state index is 0.560. The van der Waals surface area contributed by atoms with Gasteiger partial charge in [-0.25, -0.2) is 14.4 Å². The van der Waals surface area contributed by atoms with Crippen molar-refractivity contribution in [2.75, 3.05) is 13.7 Å². The molecule has 20 nitrogen and oxygen atoms in total. The normalized spacial score (nSPS) is 25.6. The molecule has 0 aliphatic carbocycles. The molecular formula is C28H28O20. The number of phenols is 6. The third kappa shape index (κ3) is 6.49. The van der Waals surface area contributed by atoms with Gasteiger partial charge in [-0.05, 0) is 18.2 Å². The molecule has 1 saturated heterocycles. The Bertz CT molecular complexity index is 1610. The number of cyclic esters (lactones) is 1. The van der Waals surface area contributed by atoms with Gasteiger partial charge < -0.3 is 74.7 Å². The van der Waals surface area contributed by atoms with Crippen LogP contribution in [0.2, 0.25) is 0 Å². The largest absolute Gasteiger partial charge is 0.504 e. The van der Waals surface area contributed by atoms with Gasteiger partial charge in [0.2, 0.25) is 18.1 Å². The summed E-state index contributed by atoms with van der Waals surface area (Å²) >= 11 is 0. The number of aliphatic hydroxyl groups excluding tert-OH is 3. The molecule has 0 saturated carbocycles. The van der Waals surface area contributed by atoms with E-state index in [1.165, 1.54) is 0 Å². The van der Waals surface area contributed by atoms with Crippen LogP contribution in [0.5, 0.6) is 34.5 Å². The first kappa shape index (κ1) is 35.3. The van der Waals surface area contributed by atoms with Crippen LogP contribution in [0.15, 0.2) is 18.2 Å². The molecule has 48 heavy (non-hydrogen) atoms. The van der Waals surface area contributed by atoms with E-state index in [-0.39, 0.29) is 0 Å². The Morgan fingerprint density at radius 1 is 0.875 bits per heavy atom. The molecule has 20 heteroatoms. The van der Waals surface area contributed by atoms with Crippen LogP contribution < -0.4 is 0 Å². The number of benzene rings is 2. The molecule has 2 aromatic rings. The number of rotatable bonds is 9. The highest BCUT2D eigenvalue weighted by molar-refractivity contribution is 5.98. The first-order valence-corrected chi connectivity index (χ1v) is 13.6. The SMILES string of the molecule is COC(=O)C1OC(=O)c2cc(O)c(O)c(O)c2C1C(CC(=O)O)C(=O)OC1C(CO)OC(OC(=O)c2cc(O)c(O)c(O)c2)C(O)C1O. The van der Waals surface area contributed by atoms with Gasteiger partial charge >= 0.3 is 29.8 Å². The lowest BCUT2D eigenvalue weighted by atomic mass is 9.75. The number of esters is 4. The van der Waals surface area contributed by atoms with E-state index in [1.807, 2.05) is 0 Å². The average molecular weight is 685 g/mol. The van der Waals surface area contributed by atoms with Crippen molar-refractivity contribution in [1.29, 1.82) is 0 Å². The lowest BCUT2D eigenvalue weighted by Crippen LogP contribution is -2.61. The van der Waals surface area contributed by atoms with Crippen LogP contribution in [0.4, 0.5) is 0 Å². The van der Waals surface area contributed by atoms with E-state index in [1.54, 1.807) is 0 Å². The van der Waals surface area contributed by atoms with Crippen molar-refractivity contribution in [3.05, 3.63) is 34.9 Å². The van der Waals surface area contributed by atoms with Gasteiger partial charge in [-0.15, -0.1) is 0 Å². The van der Waals surface area contributed by atoms with Crippen molar-refractivity contribution in [2.24, 2.45) is 5.92 Å². The zero-order chi connectivity index (χ0) is 35.8. The van der Waals surface area contributed by atoms with E-state index in [2.05, 4.69) is 4.74 Å². The van der Waals surface area contributed by atoms with Gasteiger partial charge in [0.15, 0.2) is 34.9 Å². The summed E-state index contributed by atoms with van der Waals surface area (Å²) in [5.74, 6) is -17.7. The molecule has 10 N–H and O–H groups in total. The summed E-state index contributed by atoms with van der Waals surface area (Å²) in [4.78, 5) is 63.5. The lowest BCUT2D eigenvalue weighted by Gasteiger charge is -2.42. The molecule has 4 rings (SSSR count). The van der Waals surface area contributed by atoms with E-state index in [4.69, 9.17) is 18.9 Å². The third-order valence-corrected chi connectivity index (χ3v) is 7.57. The van der Waals surface area contributed by atoms with Gasteiger partial charge in [0.05, 0.1) is 43.1 Å². The Kier molecular flexibility index (Phi) is 10.0. The molecule has 1 fully saturated rings. The van der Waals surface area contributed by atoms with Gasteiger partial charge in [0.1, 0.15) is 18.3 Å². The molecule has 0 aromatic heterocycles. The number of methoxy groups -OCH3 is 1. The molecule has 2 heterocycles. The maximum Gasteiger partial charge on any atom is 0.347 e. The fourth-order valence-electron chi connectivity index (χ4n) is 5.25. The Balaban J connectivity index is 1.66. The minimum Gasteiger partial charge on any atom is -0.504 e. The van der Waals surface area contributed by atoms with Gasteiger partial charge in [0, 0.05) is 5.56 Å². The summed E-state index contributed by atoms with van der Waals surface area (Å²) in [7, 11) is 0.848. The molecule has 0 bridgehead atoms. The summed E-state index contributed by atoms with van der Waals surface area (Å²) in [6.07, 6.45) is -13.8. The van der Waals surface area contributed by atoms with Crippen molar-refractivity contribution in [1.82, 2.24) is 0 Å². The number of carbonyl (C=O) groups excluding carboxylic acids is 4. The third-order valence-electron chi connectivity index (χ3n) is 7.57. The number of carbonyl (C=O) groups is 5. The smallest absolute Gasteiger partial charge is 0.347 e. The zero-order valence-corrected chi connectivity index (χ0v) is 24.3. The van der Waals surface area contributed by atoms with E-state index in [0.717, 1.165) is 7.11 Å². The van der Waals surface area contributed by atoms with Crippen LogP contribution in [0.3, 0.4) is 0 Å². The Labute approximate surface area is 267 Å². The van der Waals surface area contributed by atoms with Crippen molar-refractivity contribution in [3.63, 3.8) is 0 Å². The number of fused-ring (bicyclic) bond motifs is 1. The topological polar surface area (TPSA) is 334 Å². The number of carboxylic acids is 1. The van der Waals surface area contributed by atoms with E-state index >= 15 is 0 Å². The number of hydrogen-bond acceptors (Lipinski definition) is 19. The average Bonchev–Trinajstić information content (AvgIpc) is 3.04. The predicted molar refractivity (Wildman–Crippen MR) is 146 cm³/mol. The maximum atomic E-state index is 13.7. The molecule has 2 aromatic carbocycles. The first-order valence-electron chi connectivity index (χ1n) is 13.6. The number of aliphatic hydroxyl groups is 3. The van der Waals surface area contributed by atoms with Crippen LogP contribution in [0, 0.1) is 5.92 Å². The van der Waals surface area contributed by atoms with Gasteiger partial charge in [-0.1, -0.05) is 0 Å². The van der Waals surface area contributed by atoms with Crippen molar-refractivity contribution >= 4 is 29.8 Å². The van der Waals surface area contributed by atoms with Crippen LogP contribution in [0.1, 0.15) is 38.6 Å². The molecule has 0 amide bonds. The summed E-state index contributed by atoms with van der Waals surface area (Å²) < 4.78 is 25.2. The molecule has 0 spiro atoms. The Morgan fingerprint density at radius 2 is 1.48 bits per heavy atom. The van der Waals surface area contributed by atoms with E-state index in [0.29, 0.717) is 18.2 Å². The first-order chi connectivity index (χ1) is 22.5. The van der Waals surface area contributed by atoms with Crippen molar-refractivity contribution in [2.45, 2.75) is 49.1 Å². The van der Waals surface area contributed by atoms with Gasteiger partial charge in [-0.2, -0.15) is 0 Å². The highest BCUT2D eigenvalue weighted by atomic mass is 16.7. The van der Waals surface area contributed by atoms with Gasteiger partial charge in [-0.3, -0.25) is 9.59 Å². The van der Waals surface area contributed by atoms with E-state index in [9.17, 15) is 75.0 Å². The maximum absolute atomic E-state index is 13.7. The van der Waals surface area contributed by atoms with E-state index < -0.39 is 143 Å². The number of aliphatic carboxylic acids is 1. The fourth-order valence-corrected chi connectivity index (χ4v) is 5.25. The lowest BCUT2D eigenvalue weighted by molar-refractivity contribution is -0.289. The number of carboxylic acid groups (broad SMARTS) is 1. The Morgan fingerprint density at radius 3 is 2.04 bits per heavy atom. The minimum atomic E-state index is -2.24. The van der Waals surface area contributed by atoms with Crippen molar-refractivity contribution < 1.29 is 98.7 Å². The molecule has 2 aliphatic rings. The van der Waals surface area contributed by atoms with Gasteiger partial charge in [0.25, 0.3) is 0 Å². The highest BCUT2D eigenvalue weighted by Crippen LogP contribution is 2.50. The number of phenolic OH excluding ortho intramolecular Hbond substituents is 6. The highest BCUT2D eigenvalue weighted by Gasteiger charge is 2.53. The summed E-state index contributed by atoms with van der Waals surface area (Å²) in [5.41, 5.74) is -1.95. The second kappa shape index (κ2) is 13.7. The fraction of sp³-hybridized carbons (Fsp3) is 0.393. The number of ether oxygens (including phenoxy) is 5. The zero-order valence-electron chi connectivity index (χ0n) is 24.3. The Hall–Kier alpha value is -5.57. The monoisotopic (exact) mass is 684 g/mol. The van der Waals surface area contributed by atoms with Crippen molar-refractivity contribution in [3.8, 4) is 34.5 Å². The predicted octanol–water partition coefficient (Wildman–Crippen LogP) is -1.99. The molecule has 8 unspecified atom stereocenters. The molecular weight excluding hydrogens is 656 g/mol. The van der Waals surface area contributed by atoms with Crippen LogP contribution in [-0.2, 0) is 38.1 Å². The quantitative estimate of drug-likeness (QED) is 0.0776. The van der Waals surface area contributed by atoms with Crippen LogP contribution in [0.25, 0.3) is 0 Å². The second-order valence-electron chi connectivity index (χ2n) is 10.5. The molecule has 0 radical (unpaired) electrons.